The average molecular weight is 337 g/mol. The Balaban J connectivity index is 2.09. The first-order chi connectivity index (χ1) is 10.9. The van der Waals surface area contributed by atoms with Gasteiger partial charge in [-0.05, 0) is 19.1 Å². The number of nitrogens with one attached hydrogen (secondary N) is 1. The zero-order valence-electron chi connectivity index (χ0n) is 13.8. The van der Waals surface area contributed by atoms with E-state index in [1.807, 2.05) is 19.1 Å². The standard InChI is InChI=1S/C16H23N3O3S/c1-11-4-5-14(23-11)8-15(21)19-7-6-18(12(2)20)9-13(10-19)16(22)17-3/h4-5,13H,6-10H2,1-3H3,(H,17,22)/t13-/m0/s1. The minimum atomic E-state index is -0.388. The number of hydrogen-bond donors (Lipinski definition) is 1. The van der Waals surface area contributed by atoms with Gasteiger partial charge in [0.05, 0.1) is 12.3 Å². The second kappa shape index (κ2) is 7.59. The second-order valence-electron chi connectivity index (χ2n) is 5.81. The van der Waals surface area contributed by atoms with Crippen molar-refractivity contribution >= 4 is 29.1 Å². The zero-order chi connectivity index (χ0) is 17.0. The van der Waals surface area contributed by atoms with Crippen LogP contribution in [0.4, 0.5) is 0 Å². The minimum absolute atomic E-state index is 0.00570. The summed E-state index contributed by atoms with van der Waals surface area (Å²) in [5.74, 6) is -0.587. The van der Waals surface area contributed by atoms with Crippen molar-refractivity contribution in [2.24, 2.45) is 5.92 Å². The zero-order valence-corrected chi connectivity index (χ0v) is 14.6. The molecule has 1 aliphatic heterocycles. The molecule has 1 saturated heterocycles. The Kier molecular flexibility index (Phi) is 5.76. The van der Waals surface area contributed by atoms with E-state index >= 15 is 0 Å². The van der Waals surface area contributed by atoms with E-state index in [0.29, 0.717) is 32.6 Å². The lowest BCUT2D eigenvalue weighted by atomic mass is 10.1. The third-order valence-corrected chi connectivity index (χ3v) is 5.06. The maximum atomic E-state index is 12.6. The van der Waals surface area contributed by atoms with Crippen molar-refractivity contribution in [3.63, 3.8) is 0 Å². The lowest BCUT2D eigenvalue weighted by molar-refractivity contribution is -0.132. The number of carbonyl (C=O) groups is 3. The summed E-state index contributed by atoms with van der Waals surface area (Å²) in [6.07, 6.45) is 0.346. The van der Waals surface area contributed by atoms with E-state index in [2.05, 4.69) is 5.32 Å². The van der Waals surface area contributed by atoms with Crippen molar-refractivity contribution in [3.05, 3.63) is 21.9 Å². The van der Waals surface area contributed by atoms with Crippen molar-refractivity contribution < 1.29 is 14.4 Å². The van der Waals surface area contributed by atoms with Crippen molar-refractivity contribution in [3.8, 4) is 0 Å². The number of thiophene rings is 1. The fraction of sp³-hybridized carbons (Fsp3) is 0.562. The van der Waals surface area contributed by atoms with Gasteiger partial charge in [-0.2, -0.15) is 0 Å². The van der Waals surface area contributed by atoms with Gasteiger partial charge in [0.15, 0.2) is 0 Å². The van der Waals surface area contributed by atoms with Gasteiger partial charge in [-0.15, -0.1) is 11.3 Å². The van der Waals surface area contributed by atoms with Gasteiger partial charge in [0.2, 0.25) is 17.7 Å². The van der Waals surface area contributed by atoms with Gasteiger partial charge in [0.1, 0.15) is 0 Å². The number of hydrogen-bond acceptors (Lipinski definition) is 4. The predicted molar refractivity (Wildman–Crippen MR) is 89.2 cm³/mol. The van der Waals surface area contributed by atoms with Crippen LogP contribution in [-0.4, -0.2) is 60.7 Å². The van der Waals surface area contributed by atoms with Crippen molar-refractivity contribution in [1.29, 1.82) is 0 Å². The summed E-state index contributed by atoms with van der Waals surface area (Å²) in [6, 6.07) is 3.97. The van der Waals surface area contributed by atoms with E-state index in [4.69, 9.17) is 0 Å². The van der Waals surface area contributed by atoms with E-state index in [1.165, 1.54) is 11.8 Å². The highest BCUT2D eigenvalue weighted by Gasteiger charge is 2.30. The van der Waals surface area contributed by atoms with Crippen molar-refractivity contribution in [2.75, 3.05) is 33.2 Å². The molecule has 126 valence electrons. The smallest absolute Gasteiger partial charge is 0.227 e. The number of amides is 3. The third kappa shape index (κ3) is 4.54. The lowest BCUT2D eigenvalue weighted by Crippen LogP contribution is -2.42. The van der Waals surface area contributed by atoms with E-state index in [1.54, 1.807) is 28.2 Å². The quantitative estimate of drug-likeness (QED) is 0.880. The molecule has 1 N–H and O–H groups in total. The minimum Gasteiger partial charge on any atom is -0.359 e. The van der Waals surface area contributed by atoms with Gasteiger partial charge in [0, 0.05) is 49.9 Å². The molecule has 2 heterocycles. The molecule has 0 aromatic carbocycles. The van der Waals surface area contributed by atoms with Crippen LogP contribution < -0.4 is 5.32 Å². The fourth-order valence-corrected chi connectivity index (χ4v) is 3.62. The highest BCUT2D eigenvalue weighted by atomic mass is 32.1. The Morgan fingerprint density at radius 3 is 2.43 bits per heavy atom. The molecule has 0 aliphatic carbocycles. The molecule has 1 fully saturated rings. The molecule has 2 rings (SSSR count). The molecule has 1 aliphatic rings. The van der Waals surface area contributed by atoms with Crippen LogP contribution in [0.3, 0.4) is 0 Å². The van der Waals surface area contributed by atoms with Crippen LogP contribution in [0.1, 0.15) is 16.7 Å². The number of aryl methyl sites for hydroxylation is 1. The van der Waals surface area contributed by atoms with Gasteiger partial charge in [-0.3, -0.25) is 14.4 Å². The van der Waals surface area contributed by atoms with Crippen molar-refractivity contribution in [1.82, 2.24) is 15.1 Å². The van der Waals surface area contributed by atoms with E-state index in [9.17, 15) is 14.4 Å². The molecular formula is C16H23N3O3S. The molecule has 1 atom stereocenters. The molecule has 0 bridgehead atoms. The monoisotopic (exact) mass is 337 g/mol. The molecule has 3 amide bonds. The Hall–Kier alpha value is -1.89. The largest absolute Gasteiger partial charge is 0.359 e. The Morgan fingerprint density at radius 1 is 1.22 bits per heavy atom. The number of rotatable bonds is 3. The molecule has 6 nitrogen and oxygen atoms in total. The van der Waals surface area contributed by atoms with Gasteiger partial charge in [0.25, 0.3) is 0 Å². The first-order valence-corrected chi connectivity index (χ1v) is 8.52. The van der Waals surface area contributed by atoms with Gasteiger partial charge in [-0.1, -0.05) is 0 Å². The summed E-state index contributed by atoms with van der Waals surface area (Å²) >= 11 is 1.61. The molecule has 1 aromatic heterocycles. The normalized spacial score (nSPS) is 18.5. The van der Waals surface area contributed by atoms with E-state index in [-0.39, 0.29) is 23.6 Å². The van der Waals surface area contributed by atoms with Gasteiger partial charge in [-0.25, -0.2) is 0 Å². The SMILES string of the molecule is CNC(=O)[C@H]1CN(C(C)=O)CCN(C(=O)Cc2ccc(C)s2)C1. The topological polar surface area (TPSA) is 69.7 Å². The first-order valence-electron chi connectivity index (χ1n) is 7.71. The second-order valence-corrected chi connectivity index (χ2v) is 7.18. The predicted octanol–water partition coefficient (Wildman–Crippen LogP) is 0.652. The molecule has 1 aromatic rings. The Labute approximate surface area is 140 Å². The first kappa shape index (κ1) is 17.5. The van der Waals surface area contributed by atoms with Gasteiger partial charge < -0.3 is 15.1 Å². The number of carbonyl (C=O) groups excluding carboxylic acids is 3. The van der Waals surface area contributed by atoms with Crippen LogP contribution in [0.2, 0.25) is 0 Å². The summed E-state index contributed by atoms with van der Waals surface area (Å²) in [5.41, 5.74) is 0. The molecule has 0 radical (unpaired) electrons. The Morgan fingerprint density at radius 2 is 1.87 bits per heavy atom. The summed E-state index contributed by atoms with van der Waals surface area (Å²) in [4.78, 5) is 41.8. The lowest BCUT2D eigenvalue weighted by Gasteiger charge is -2.23. The van der Waals surface area contributed by atoms with Crippen LogP contribution in [0.5, 0.6) is 0 Å². The molecule has 23 heavy (non-hydrogen) atoms. The third-order valence-electron chi connectivity index (χ3n) is 4.06. The van der Waals surface area contributed by atoms with Gasteiger partial charge >= 0.3 is 0 Å². The molecule has 7 heteroatoms. The van der Waals surface area contributed by atoms with E-state index < -0.39 is 0 Å². The number of nitrogens with zero attached hydrogens (tertiary/aromatic N) is 2. The fourth-order valence-electron chi connectivity index (χ4n) is 2.74. The van der Waals surface area contributed by atoms with Crippen LogP contribution in [-0.2, 0) is 20.8 Å². The summed E-state index contributed by atoms with van der Waals surface area (Å²) in [7, 11) is 1.58. The maximum absolute atomic E-state index is 12.6. The molecular weight excluding hydrogens is 314 g/mol. The highest BCUT2D eigenvalue weighted by molar-refractivity contribution is 7.12. The molecule has 0 unspecified atom stereocenters. The van der Waals surface area contributed by atoms with Crippen LogP contribution in [0, 0.1) is 12.8 Å². The summed E-state index contributed by atoms with van der Waals surface area (Å²) in [6.45, 7) is 5.15. The average Bonchev–Trinajstić information content (AvgIpc) is 2.79. The summed E-state index contributed by atoms with van der Waals surface area (Å²) < 4.78 is 0. The Bertz CT molecular complexity index is 599. The van der Waals surface area contributed by atoms with Crippen molar-refractivity contribution in [2.45, 2.75) is 20.3 Å². The van der Waals surface area contributed by atoms with Crippen LogP contribution in [0.25, 0.3) is 0 Å². The van der Waals surface area contributed by atoms with Crippen LogP contribution in [0.15, 0.2) is 12.1 Å². The summed E-state index contributed by atoms with van der Waals surface area (Å²) in [5, 5.41) is 2.62. The van der Waals surface area contributed by atoms with E-state index in [0.717, 1.165) is 4.88 Å². The highest BCUT2D eigenvalue weighted by Crippen LogP contribution is 2.18. The molecule has 0 spiro atoms. The molecule has 0 saturated carbocycles. The maximum Gasteiger partial charge on any atom is 0.227 e. The van der Waals surface area contributed by atoms with Crippen LogP contribution >= 0.6 is 11.3 Å².